The maximum absolute atomic E-state index is 11.9. The fourth-order valence-corrected chi connectivity index (χ4v) is 1.30. The molecule has 1 aromatic carbocycles. The first kappa shape index (κ1) is 14.8. The van der Waals surface area contributed by atoms with Crippen molar-refractivity contribution in [3.8, 4) is 11.5 Å². The Morgan fingerprint density at radius 1 is 1.16 bits per heavy atom. The lowest BCUT2D eigenvalue weighted by Crippen LogP contribution is -2.37. The molecule has 0 saturated heterocycles. The summed E-state index contributed by atoms with van der Waals surface area (Å²) in [5.74, 6) is -0.816. The molecule has 6 heteroatoms. The van der Waals surface area contributed by atoms with Crippen molar-refractivity contribution in [3.05, 3.63) is 18.2 Å². The average molecular weight is 267 g/mol. The molecule has 0 aromatic heterocycles. The van der Waals surface area contributed by atoms with Gasteiger partial charge < -0.3 is 19.9 Å². The normalized spacial score (nSPS) is 10.7. The summed E-state index contributed by atoms with van der Waals surface area (Å²) < 4.78 is 10.2. The second-order valence-electron chi connectivity index (χ2n) is 4.45. The molecule has 19 heavy (non-hydrogen) atoms. The summed E-state index contributed by atoms with van der Waals surface area (Å²) in [6.45, 7) is 2.68. The number of anilines is 1. The van der Waals surface area contributed by atoms with Gasteiger partial charge in [-0.2, -0.15) is 0 Å². The third-order valence-electron chi connectivity index (χ3n) is 2.74. The molecule has 0 spiro atoms. The van der Waals surface area contributed by atoms with Crippen molar-refractivity contribution in [2.24, 2.45) is 5.41 Å². The molecular weight excluding hydrogens is 250 g/mol. The van der Waals surface area contributed by atoms with Gasteiger partial charge in [-0.05, 0) is 26.0 Å². The number of carbonyl (C=O) groups excluding carboxylic acids is 1. The first-order chi connectivity index (χ1) is 8.82. The number of hydrogen-bond donors (Lipinski definition) is 2. The lowest BCUT2D eigenvalue weighted by Gasteiger charge is -2.19. The Morgan fingerprint density at radius 2 is 1.74 bits per heavy atom. The summed E-state index contributed by atoms with van der Waals surface area (Å²) in [6, 6.07) is 4.80. The van der Waals surface area contributed by atoms with E-state index in [-0.39, 0.29) is 0 Å². The minimum Gasteiger partial charge on any atom is -0.493 e. The molecule has 1 aromatic rings. The zero-order valence-electron chi connectivity index (χ0n) is 11.3. The fourth-order valence-electron chi connectivity index (χ4n) is 1.30. The number of rotatable bonds is 5. The van der Waals surface area contributed by atoms with Gasteiger partial charge in [0, 0.05) is 11.8 Å². The molecule has 104 valence electrons. The summed E-state index contributed by atoms with van der Waals surface area (Å²) in [5, 5.41) is 11.5. The topological polar surface area (TPSA) is 84.9 Å². The number of hydrogen-bond acceptors (Lipinski definition) is 4. The van der Waals surface area contributed by atoms with Crippen LogP contribution >= 0.6 is 0 Å². The predicted octanol–water partition coefficient (Wildman–Crippen LogP) is 1.75. The average Bonchev–Trinajstić information content (AvgIpc) is 2.38. The molecule has 0 bridgehead atoms. The third kappa shape index (κ3) is 3.15. The van der Waals surface area contributed by atoms with Crippen LogP contribution in [0.25, 0.3) is 0 Å². The van der Waals surface area contributed by atoms with Gasteiger partial charge in [-0.15, -0.1) is 0 Å². The van der Waals surface area contributed by atoms with E-state index < -0.39 is 17.3 Å². The number of amides is 1. The Hall–Kier alpha value is -2.24. The van der Waals surface area contributed by atoms with Crippen LogP contribution in [-0.4, -0.2) is 31.2 Å². The van der Waals surface area contributed by atoms with Gasteiger partial charge in [0.1, 0.15) is 5.41 Å². The van der Waals surface area contributed by atoms with Crippen LogP contribution in [0.5, 0.6) is 11.5 Å². The summed E-state index contributed by atoms with van der Waals surface area (Å²) >= 11 is 0. The first-order valence-corrected chi connectivity index (χ1v) is 5.59. The Morgan fingerprint density at radius 3 is 2.21 bits per heavy atom. The van der Waals surface area contributed by atoms with Crippen LogP contribution in [0.2, 0.25) is 0 Å². The van der Waals surface area contributed by atoms with Crippen molar-refractivity contribution in [2.45, 2.75) is 13.8 Å². The maximum Gasteiger partial charge on any atom is 0.318 e. The number of carboxylic acids is 1. The summed E-state index contributed by atoms with van der Waals surface area (Å²) in [4.78, 5) is 22.8. The van der Waals surface area contributed by atoms with Crippen molar-refractivity contribution in [1.29, 1.82) is 0 Å². The Balaban J connectivity index is 2.95. The summed E-state index contributed by atoms with van der Waals surface area (Å²) in [6.07, 6.45) is 0. The van der Waals surface area contributed by atoms with Crippen molar-refractivity contribution < 1.29 is 24.2 Å². The molecule has 0 saturated carbocycles. The fraction of sp³-hybridized carbons (Fsp3) is 0.385. The van der Waals surface area contributed by atoms with Crippen molar-refractivity contribution in [2.75, 3.05) is 19.5 Å². The van der Waals surface area contributed by atoms with Crippen LogP contribution in [0.3, 0.4) is 0 Å². The molecule has 0 aliphatic heterocycles. The minimum atomic E-state index is -1.51. The van der Waals surface area contributed by atoms with Crippen LogP contribution in [0, 0.1) is 5.41 Å². The van der Waals surface area contributed by atoms with Gasteiger partial charge >= 0.3 is 5.97 Å². The summed E-state index contributed by atoms with van der Waals surface area (Å²) in [5.41, 5.74) is -1.07. The molecule has 0 atom stereocenters. The third-order valence-corrected chi connectivity index (χ3v) is 2.74. The number of nitrogens with one attached hydrogen (secondary N) is 1. The molecule has 1 amide bonds. The van der Waals surface area contributed by atoms with Crippen molar-refractivity contribution >= 4 is 17.6 Å². The second-order valence-corrected chi connectivity index (χ2v) is 4.45. The highest BCUT2D eigenvalue weighted by Crippen LogP contribution is 2.30. The maximum atomic E-state index is 11.9. The van der Waals surface area contributed by atoms with E-state index in [9.17, 15) is 9.59 Å². The van der Waals surface area contributed by atoms with E-state index in [4.69, 9.17) is 14.6 Å². The number of ether oxygens (including phenoxy) is 2. The first-order valence-electron chi connectivity index (χ1n) is 5.59. The highest BCUT2D eigenvalue weighted by molar-refractivity contribution is 6.07. The SMILES string of the molecule is COc1ccc(NC(=O)C(C)(C)C(=O)O)cc1OC. The van der Waals surface area contributed by atoms with Gasteiger partial charge in [-0.3, -0.25) is 9.59 Å². The van der Waals surface area contributed by atoms with Crippen LogP contribution in [0.1, 0.15) is 13.8 Å². The molecule has 0 radical (unpaired) electrons. The largest absolute Gasteiger partial charge is 0.493 e. The number of methoxy groups -OCH3 is 2. The molecule has 0 unspecified atom stereocenters. The van der Waals surface area contributed by atoms with Gasteiger partial charge in [0.25, 0.3) is 0 Å². The Labute approximate surface area is 111 Å². The Kier molecular flexibility index (Phi) is 4.37. The van der Waals surface area contributed by atoms with E-state index in [1.807, 2.05) is 0 Å². The predicted molar refractivity (Wildman–Crippen MR) is 69.6 cm³/mol. The highest BCUT2D eigenvalue weighted by Gasteiger charge is 2.36. The molecule has 0 aliphatic rings. The molecule has 2 N–H and O–H groups in total. The monoisotopic (exact) mass is 267 g/mol. The molecule has 0 aliphatic carbocycles. The Bertz CT molecular complexity index is 496. The van der Waals surface area contributed by atoms with Gasteiger partial charge in [0.15, 0.2) is 11.5 Å². The molecular formula is C13H17NO5. The van der Waals surface area contributed by atoms with Crippen LogP contribution in [-0.2, 0) is 9.59 Å². The lowest BCUT2D eigenvalue weighted by atomic mass is 9.92. The van der Waals surface area contributed by atoms with E-state index in [0.717, 1.165) is 0 Å². The van der Waals surface area contributed by atoms with Crippen LogP contribution in [0.15, 0.2) is 18.2 Å². The summed E-state index contributed by atoms with van der Waals surface area (Å²) in [7, 11) is 2.98. The van der Waals surface area contributed by atoms with E-state index >= 15 is 0 Å². The number of carboxylic acid groups (broad SMARTS) is 1. The van der Waals surface area contributed by atoms with Gasteiger partial charge in [-0.1, -0.05) is 0 Å². The molecule has 0 heterocycles. The van der Waals surface area contributed by atoms with Crippen LogP contribution in [0.4, 0.5) is 5.69 Å². The van der Waals surface area contributed by atoms with Gasteiger partial charge in [-0.25, -0.2) is 0 Å². The van der Waals surface area contributed by atoms with Crippen LogP contribution < -0.4 is 14.8 Å². The van der Waals surface area contributed by atoms with Gasteiger partial charge in [0.05, 0.1) is 14.2 Å². The van der Waals surface area contributed by atoms with E-state index in [2.05, 4.69) is 5.32 Å². The zero-order chi connectivity index (χ0) is 14.6. The standard InChI is InChI=1S/C13H17NO5/c1-13(2,12(16)17)11(15)14-8-5-6-9(18-3)10(7-8)19-4/h5-7H,1-4H3,(H,14,15)(H,16,17). The number of aliphatic carboxylic acids is 1. The number of carbonyl (C=O) groups is 2. The lowest BCUT2D eigenvalue weighted by molar-refractivity contribution is -0.151. The number of benzene rings is 1. The van der Waals surface area contributed by atoms with Crippen molar-refractivity contribution in [3.63, 3.8) is 0 Å². The molecule has 1 rings (SSSR count). The quantitative estimate of drug-likeness (QED) is 0.794. The van der Waals surface area contributed by atoms with E-state index in [1.54, 1.807) is 18.2 Å². The minimum absolute atomic E-state index is 0.442. The molecule has 0 fully saturated rings. The van der Waals surface area contributed by atoms with E-state index in [1.165, 1.54) is 28.1 Å². The zero-order valence-corrected chi connectivity index (χ0v) is 11.3. The van der Waals surface area contributed by atoms with Gasteiger partial charge in [0.2, 0.25) is 5.91 Å². The molecule has 6 nitrogen and oxygen atoms in total. The van der Waals surface area contributed by atoms with Crippen molar-refractivity contribution in [1.82, 2.24) is 0 Å². The van der Waals surface area contributed by atoms with E-state index in [0.29, 0.717) is 17.2 Å². The second kappa shape index (κ2) is 5.60. The smallest absolute Gasteiger partial charge is 0.318 e. The highest BCUT2D eigenvalue weighted by atomic mass is 16.5.